The van der Waals surface area contributed by atoms with Gasteiger partial charge in [0.1, 0.15) is 5.69 Å². The fourth-order valence-corrected chi connectivity index (χ4v) is 4.41. The molecule has 3 rings (SSSR count). The summed E-state index contributed by atoms with van der Waals surface area (Å²) in [4.78, 5) is 11.7. The van der Waals surface area contributed by atoms with Crippen molar-refractivity contribution in [1.82, 2.24) is 9.97 Å². The van der Waals surface area contributed by atoms with Gasteiger partial charge in [0.15, 0.2) is 5.82 Å². The Bertz CT molecular complexity index is 853. The number of aromatic nitrogens is 2. The molecular formula is C23H28FN3S. The summed E-state index contributed by atoms with van der Waals surface area (Å²) < 4.78 is 14.4. The third-order valence-electron chi connectivity index (χ3n) is 5.92. The maximum atomic E-state index is 14.4. The molecule has 0 spiro atoms. The van der Waals surface area contributed by atoms with E-state index in [1.165, 1.54) is 63.1 Å². The Morgan fingerprint density at radius 3 is 2.64 bits per heavy atom. The minimum Gasteiger partial charge on any atom is -0.247 e. The average Bonchev–Trinajstić information content (AvgIpc) is 2.70. The van der Waals surface area contributed by atoms with Crippen molar-refractivity contribution in [3.63, 3.8) is 0 Å². The minimum absolute atomic E-state index is 0.140. The lowest BCUT2D eigenvalue weighted by atomic mass is 9.76. The van der Waals surface area contributed by atoms with Crippen LogP contribution in [0.1, 0.15) is 75.3 Å². The van der Waals surface area contributed by atoms with Crippen molar-refractivity contribution in [2.75, 3.05) is 0 Å². The van der Waals surface area contributed by atoms with Crippen molar-refractivity contribution in [1.29, 1.82) is 0 Å². The van der Waals surface area contributed by atoms with Crippen LogP contribution < -0.4 is 0 Å². The zero-order chi connectivity index (χ0) is 19.9. The van der Waals surface area contributed by atoms with Gasteiger partial charge in [0.25, 0.3) is 0 Å². The topological polar surface area (TPSA) is 38.1 Å². The predicted molar refractivity (Wildman–Crippen MR) is 116 cm³/mol. The summed E-state index contributed by atoms with van der Waals surface area (Å²) in [6.45, 7) is 4.28. The molecule has 1 heterocycles. The Kier molecular flexibility index (Phi) is 7.41. The predicted octanol–water partition coefficient (Wildman–Crippen LogP) is 7.18. The number of isothiocyanates is 1. The van der Waals surface area contributed by atoms with Gasteiger partial charge in [0.2, 0.25) is 5.95 Å². The van der Waals surface area contributed by atoms with Gasteiger partial charge >= 0.3 is 0 Å². The second kappa shape index (κ2) is 9.99. The largest absolute Gasteiger partial charge is 0.247 e. The van der Waals surface area contributed by atoms with Crippen LogP contribution in [0, 0.1) is 18.8 Å². The normalized spacial score (nSPS) is 19.2. The van der Waals surface area contributed by atoms with Crippen LogP contribution in [0.3, 0.4) is 0 Å². The van der Waals surface area contributed by atoms with E-state index in [4.69, 9.17) is 0 Å². The van der Waals surface area contributed by atoms with E-state index in [1.54, 1.807) is 0 Å². The molecule has 1 aromatic carbocycles. The summed E-state index contributed by atoms with van der Waals surface area (Å²) in [6, 6.07) is 6.31. The summed E-state index contributed by atoms with van der Waals surface area (Å²) in [7, 11) is 0. The molecular weight excluding hydrogens is 369 g/mol. The van der Waals surface area contributed by atoms with Crippen LogP contribution in [0.2, 0.25) is 0 Å². The summed E-state index contributed by atoms with van der Waals surface area (Å²) in [6.07, 6.45) is 12.0. The van der Waals surface area contributed by atoms with E-state index in [0.717, 1.165) is 17.0 Å². The van der Waals surface area contributed by atoms with Gasteiger partial charge in [-0.05, 0) is 67.8 Å². The van der Waals surface area contributed by atoms with E-state index in [1.807, 2.05) is 13.0 Å². The molecule has 0 radical (unpaired) electrons. The highest BCUT2D eigenvalue weighted by atomic mass is 32.1. The number of aryl methyl sites for hydroxylation is 1. The van der Waals surface area contributed by atoms with Crippen LogP contribution in [-0.2, 0) is 0 Å². The maximum Gasteiger partial charge on any atom is 0.241 e. The molecule has 0 unspecified atom stereocenters. The lowest BCUT2D eigenvalue weighted by Crippen LogP contribution is -2.13. The summed E-state index contributed by atoms with van der Waals surface area (Å²) in [5.41, 5.74) is 3.43. The highest BCUT2D eigenvalue weighted by Crippen LogP contribution is 2.39. The van der Waals surface area contributed by atoms with Crippen LogP contribution in [0.4, 0.5) is 10.2 Å². The molecule has 1 aromatic heterocycles. The number of hydrogen-bond acceptors (Lipinski definition) is 4. The first-order valence-corrected chi connectivity index (χ1v) is 10.7. The summed E-state index contributed by atoms with van der Waals surface area (Å²) in [5, 5.41) is 2.18. The Balaban J connectivity index is 1.69. The van der Waals surface area contributed by atoms with Crippen LogP contribution in [0.25, 0.3) is 11.3 Å². The van der Waals surface area contributed by atoms with Gasteiger partial charge in [0, 0.05) is 5.56 Å². The summed E-state index contributed by atoms with van der Waals surface area (Å²) >= 11 is 4.53. The highest BCUT2D eigenvalue weighted by molar-refractivity contribution is 7.78. The third-order valence-corrected chi connectivity index (χ3v) is 6.01. The number of unbranched alkanes of at least 4 members (excludes halogenated alkanes) is 2. The molecule has 1 fully saturated rings. The van der Waals surface area contributed by atoms with Crippen molar-refractivity contribution in [3.8, 4) is 11.3 Å². The second-order valence-electron chi connectivity index (χ2n) is 7.86. The van der Waals surface area contributed by atoms with Crippen LogP contribution in [-0.4, -0.2) is 15.1 Å². The molecule has 28 heavy (non-hydrogen) atoms. The molecule has 0 atom stereocenters. The van der Waals surface area contributed by atoms with Gasteiger partial charge in [0.05, 0.1) is 11.4 Å². The van der Waals surface area contributed by atoms with Crippen LogP contribution >= 0.6 is 12.2 Å². The standard InChI is InChI=1S/C23H28FN3S/c1-3-4-5-6-17-7-9-18(10-8-17)19-11-12-20(16(2)13-19)22-23(24)27-21(14-25-22)26-15-28/h11-14,17-18H,3-10H2,1-2H3. The monoisotopic (exact) mass is 397 g/mol. The van der Waals surface area contributed by atoms with Crippen molar-refractivity contribution in [2.24, 2.45) is 10.9 Å². The average molecular weight is 398 g/mol. The number of rotatable bonds is 7. The Labute approximate surface area is 172 Å². The number of nitrogens with zero attached hydrogens (tertiary/aromatic N) is 3. The maximum absolute atomic E-state index is 14.4. The zero-order valence-electron chi connectivity index (χ0n) is 16.7. The van der Waals surface area contributed by atoms with E-state index >= 15 is 0 Å². The number of aliphatic imine (C=N–C) groups is 1. The van der Waals surface area contributed by atoms with Crippen molar-refractivity contribution < 1.29 is 4.39 Å². The Morgan fingerprint density at radius 2 is 2.00 bits per heavy atom. The molecule has 0 aliphatic heterocycles. The molecule has 148 valence electrons. The Hall–Kier alpha value is -1.97. The van der Waals surface area contributed by atoms with E-state index in [-0.39, 0.29) is 11.5 Å². The fraction of sp³-hybridized carbons (Fsp3) is 0.522. The molecule has 0 amide bonds. The number of thiocarbonyl (C=S) groups is 1. The van der Waals surface area contributed by atoms with E-state index < -0.39 is 5.95 Å². The first-order valence-electron chi connectivity index (χ1n) is 10.3. The number of hydrogen-bond donors (Lipinski definition) is 0. The van der Waals surface area contributed by atoms with Gasteiger partial charge in [-0.3, -0.25) is 0 Å². The molecule has 1 aliphatic rings. The van der Waals surface area contributed by atoms with Crippen molar-refractivity contribution in [3.05, 3.63) is 41.5 Å². The van der Waals surface area contributed by atoms with E-state index in [0.29, 0.717) is 5.92 Å². The molecule has 3 nitrogen and oxygen atoms in total. The molecule has 5 heteroatoms. The van der Waals surface area contributed by atoms with Crippen molar-refractivity contribution in [2.45, 2.75) is 71.1 Å². The number of benzene rings is 1. The first kappa shape index (κ1) is 20.8. The molecule has 0 N–H and O–H groups in total. The van der Waals surface area contributed by atoms with E-state index in [9.17, 15) is 4.39 Å². The highest BCUT2D eigenvalue weighted by Gasteiger charge is 2.23. The molecule has 1 aliphatic carbocycles. The lowest BCUT2D eigenvalue weighted by molar-refractivity contribution is 0.303. The van der Waals surface area contributed by atoms with Gasteiger partial charge in [-0.25, -0.2) is 4.98 Å². The van der Waals surface area contributed by atoms with Crippen molar-refractivity contribution >= 4 is 23.2 Å². The molecule has 1 saturated carbocycles. The molecule has 0 saturated heterocycles. The quantitative estimate of drug-likeness (QED) is 0.282. The van der Waals surface area contributed by atoms with Gasteiger partial charge in [-0.1, -0.05) is 50.8 Å². The lowest BCUT2D eigenvalue weighted by Gasteiger charge is -2.29. The minimum atomic E-state index is -0.630. The SMILES string of the molecule is CCCCCC1CCC(c2ccc(-c3ncc(N=C=S)nc3F)c(C)c2)CC1. The third kappa shape index (κ3) is 5.09. The number of halogens is 1. The smallest absolute Gasteiger partial charge is 0.241 e. The summed E-state index contributed by atoms with van der Waals surface area (Å²) in [5.74, 6) is 1.03. The van der Waals surface area contributed by atoms with Gasteiger partial charge in [-0.15, -0.1) is 0 Å². The van der Waals surface area contributed by atoms with Crippen LogP contribution in [0.15, 0.2) is 29.4 Å². The van der Waals surface area contributed by atoms with Gasteiger partial charge in [-0.2, -0.15) is 14.4 Å². The Morgan fingerprint density at radius 1 is 1.21 bits per heavy atom. The first-order chi connectivity index (χ1) is 13.6. The second-order valence-corrected chi connectivity index (χ2v) is 8.04. The van der Waals surface area contributed by atoms with Gasteiger partial charge < -0.3 is 0 Å². The fourth-order valence-electron chi connectivity index (χ4n) is 4.31. The zero-order valence-corrected chi connectivity index (χ0v) is 17.6. The molecule has 0 bridgehead atoms. The van der Waals surface area contributed by atoms with Crippen LogP contribution in [0.5, 0.6) is 0 Å². The van der Waals surface area contributed by atoms with E-state index in [2.05, 4.69) is 51.4 Å². The molecule has 2 aromatic rings.